The van der Waals surface area contributed by atoms with Crippen molar-refractivity contribution in [3.8, 4) is 22.8 Å². The van der Waals surface area contributed by atoms with Gasteiger partial charge in [-0.2, -0.15) is 0 Å². The highest BCUT2D eigenvalue weighted by atomic mass is 16.5. The summed E-state index contributed by atoms with van der Waals surface area (Å²) in [6.07, 6.45) is -0.0391. The van der Waals surface area contributed by atoms with Gasteiger partial charge in [0.1, 0.15) is 5.76 Å². The zero-order valence-corrected chi connectivity index (χ0v) is 16.2. The fourth-order valence-corrected chi connectivity index (χ4v) is 3.05. The van der Waals surface area contributed by atoms with Gasteiger partial charge >= 0.3 is 0 Å². The second-order valence-corrected chi connectivity index (χ2v) is 6.35. The number of primary amides is 1. The van der Waals surface area contributed by atoms with E-state index < -0.39 is 5.91 Å². The molecule has 150 valence electrons. The standard InChI is InChI=1S/C21H20N2O6/c1-11(24)23-15-8-13(5-4-12(15)9-19(22)26)18-10-16(25)14-6-7-17(27-2)21(28-3)20(14)29-18/h4-8,10H,9H2,1-3H3,(H2,22,26)(H,23,24). The molecule has 0 atom stereocenters. The lowest BCUT2D eigenvalue weighted by Crippen LogP contribution is -2.16. The Balaban J connectivity index is 2.20. The van der Waals surface area contributed by atoms with Crippen molar-refractivity contribution in [2.45, 2.75) is 13.3 Å². The number of hydrogen-bond acceptors (Lipinski definition) is 6. The number of ether oxygens (including phenoxy) is 2. The minimum Gasteiger partial charge on any atom is -0.493 e. The Hall–Kier alpha value is -3.81. The smallest absolute Gasteiger partial charge is 0.221 e. The molecule has 0 radical (unpaired) electrons. The highest BCUT2D eigenvalue weighted by Gasteiger charge is 2.17. The summed E-state index contributed by atoms with van der Waals surface area (Å²) in [5.41, 5.74) is 6.76. The van der Waals surface area contributed by atoms with Gasteiger partial charge < -0.3 is 24.9 Å². The van der Waals surface area contributed by atoms with E-state index in [0.717, 1.165) is 0 Å². The molecule has 0 aliphatic rings. The van der Waals surface area contributed by atoms with Crippen LogP contribution in [-0.2, 0) is 16.0 Å². The molecule has 0 fully saturated rings. The van der Waals surface area contributed by atoms with Gasteiger partial charge in [-0.15, -0.1) is 0 Å². The normalized spacial score (nSPS) is 10.6. The lowest BCUT2D eigenvalue weighted by atomic mass is 10.0. The first kappa shape index (κ1) is 19.9. The first-order chi connectivity index (χ1) is 13.8. The molecule has 0 unspecified atom stereocenters. The molecule has 2 aromatic carbocycles. The number of carbonyl (C=O) groups excluding carboxylic acids is 2. The molecule has 3 rings (SSSR count). The van der Waals surface area contributed by atoms with Crippen molar-refractivity contribution in [2.75, 3.05) is 19.5 Å². The Morgan fingerprint density at radius 1 is 1.10 bits per heavy atom. The molecule has 8 heteroatoms. The summed E-state index contributed by atoms with van der Waals surface area (Å²) in [7, 11) is 2.94. The number of methoxy groups -OCH3 is 2. The maximum atomic E-state index is 12.6. The average Bonchev–Trinajstić information content (AvgIpc) is 2.67. The molecule has 0 bridgehead atoms. The van der Waals surface area contributed by atoms with Gasteiger partial charge in [-0.1, -0.05) is 12.1 Å². The molecular weight excluding hydrogens is 376 g/mol. The fraction of sp³-hybridized carbons (Fsp3) is 0.190. The maximum absolute atomic E-state index is 12.6. The van der Waals surface area contributed by atoms with Crippen molar-refractivity contribution in [2.24, 2.45) is 5.73 Å². The van der Waals surface area contributed by atoms with Crippen LogP contribution in [0.2, 0.25) is 0 Å². The number of rotatable bonds is 6. The molecule has 3 N–H and O–H groups in total. The quantitative estimate of drug-likeness (QED) is 0.660. The van der Waals surface area contributed by atoms with Crippen molar-refractivity contribution in [1.82, 2.24) is 0 Å². The topological polar surface area (TPSA) is 121 Å². The van der Waals surface area contributed by atoms with Crippen molar-refractivity contribution < 1.29 is 23.5 Å². The van der Waals surface area contributed by atoms with Crippen LogP contribution in [0.15, 0.2) is 45.6 Å². The summed E-state index contributed by atoms with van der Waals surface area (Å²) in [6, 6.07) is 9.54. The van der Waals surface area contributed by atoms with Crippen LogP contribution in [-0.4, -0.2) is 26.0 Å². The SMILES string of the molecule is COc1ccc2c(=O)cc(-c3ccc(CC(N)=O)c(NC(C)=O)c3)oc2c1OC. The highest BCUT2D eigenvalue weighted by molar-refractivity contribution is 5.92. The number of carbonyl (C=O) groups is 2. The third-order valence-electron chi connectivity index (χ3n) is 4.31. The van der Waals surface area contributed by atoms with E-state index in [1.807, 2.05) is 0 Å². The van der Waals surface area contributed by atoms with E-state index in [4.69, 9.17) is 19.6 Å². The Morgan fingerprint density at radius 3 is 2.48 bits per heavy atom. The number of fused-ring (bicyclic) bond motifs is 1. The summed E-state index contributed by atoms with van der Waals surface area (Å²) in [6.45, 7) is 1.36. The van der Waals surface area contributed by atoms with Crippen LogP contribution >= 0.6 is 0 Å². The van der Waals surface area contributed by atoms with Crippen LogP contribution < -0.4 is 26.0 Å². The third kappa shape index (κ3) is 4.06. The number of hydrogen-bond donors (Lipinski definition) is 2. The van der Waals surface area contributed by atoms with Crippen LogP contribution in [0.5, 0.6) is 11.5 Å². The van der Waals surface area contributed by atoms with Gasteiger partial charge in [0.15, 0.2) is 16.8 Å². The molecule has 8 nitrogen and oxygen atoms in total. The van der Waals surface area contributed by atoms with Crippen LogP contribution in [0.4, 0.5) is 5.69 Å². The third-order valence-corrected chi connectivity index (χ3v) is 4.31. The Morgan fingerprint density at radius 2 is 1.86 bits per heavy atom. The van der Waals surface area contributed by atoms with Gasteiger partial charge in [0.25, 0.3) is 0 Å². The van der Waals surface area contributed by atoms with E-state index in [1.165, 1.54) is 27.2 Å². The molecule has 1 heterocycles. The molecule has 0 spiro atoms. The number of benzene rings is 2. The monoisotopic (exact) mass is 396 g/mol. The first-order valence-corrected chi connectivity index (χ1v) is 8.72. The molecule has 0 saturated carbocycles. The van der Waals surface area contributed by atoms with Gasteiger partial charge in [-0.05, 0) is 23.8 Å². The number of amides is 2. The molecule has 29 heavy (non-hydrogen) atoms. The number of nitrogens with one attached hydrogen (secondary N) is 1. The van der Waals surface area contributed by atoms with Gasteiger partial charge in [0.05, 0.1) is 26.0 Å². The van der Waals surface area contributed by atoms with E-state index >= 15 is 0 Å². The first-order valence-electron chi connectivity index (χ1n) is 8.72. The Labute approximate surface area is 166 Å². The van der Waals surface area contributed by atoms with E-state index in [-0.39, 0.29) is 29.1 Å². The molecule has 0 aliphatic heterocycles. The second kappa shape index (κ2) is 8.05. The predicted octanol–water partition coefficient (Wildman–Crippen LogP) is 2.46. The molecule has 0 saturated heterocycles. The van der Waals surface area contributed by atoms with Crippen LogP contribution in [0.1, 0.15) is 12.5 Å². The molecule has 0 aliphatic carbocycles. The van der Waals surface area contributed by atoms with Gasteiger partial charge in [0.2, 0.25) is 17.6 Å². The van der Waals surface area contributed by atoms with Crippen molar-refractivity contribution >= 4 is 28.5 Å². The van der Waals surface area contributed by atoms with Crippen molar-refractivity contribution in [1.29, 1.82) is 0 Å². The molecule has 3 aromatic rings. The largest absolute Gasteiger partial charge is 0.493 e. The van der Waals surface area contributed by atoms with E-state index in [1.54, 1.807) is 30.3 Å². The van der Waals surface area contributed by atoms with Gasteiger partial charge in [-0.25, -0.2) is 0 Å². The van der Waals surface area contributed by atoms with Crippen molar-refractivity contribution in [3.63, 3.8) is 0 Å². The summed E-state index contributed by atoms with van der Waals surface area (Å²) < 4.78 is 16.6. The van der Waals surface area contributed by atoms with Crippen LogP contribution in [0.25, 0.3) is 22.3 Å². The molecule has 1 aromatic heterocycles. The fourth-order valence-electron chi connectivity index (χ4n) is 3.05. The second-order valence-electron chi connectivity index (χ2n) is 6.35. The van der Waals surface area contributed by atoms with Crippen LogP contribution in [0.3, 0.4) is 0 Å². The summed E-state index contributed by atoms with van der Waals surface area (Å²) >= 11 is 0. The minimum absolute atomic E-state index is 0.0391. The molecular formula is C21H20N2O6. The Kier molecular flexibility index (Phi) is 5.54. The predicted molar refractivity (Wildman–Crippen MR) is 108 cm³/mol. The summed E-state index contributed by atoms with van der Waals surface area (Å²) in [5.74, 6) is 0.163. The molecule has 2 amide bonds. The van der Waals surface area contributed by atoms with Crippen molar-refractivity contribution in [3.05, 3.63) is 52.2 Å². The number of nitrogens with two attached hydrogens (primary N) is 1. The number of anilines is 1. The highest BCUT2D eigenvalue weighted by Crippen LogP contribution is 2.36. The van der Waals surface area contributed by atoms with Crippen LogP contribution in [0, 0.1) is 0 Å². The Bertz CT molecular complexity index is 1170. The summed E-state index contributed by atoms with van der Waals surface area (Å²) in [5, 5.41) is 3.02. The minimum atomic E-state index is -0.529. The zero-order valence-electron chi connectivity index (χ0n) is 16.2. The lowest BCUT2D eigenvalue weighted by molar-refractivity contribution is -0.117. The van der Waals surface area contributed by atoms with E-state index in [2.05, 4.69) is 5.32 Å². The average molecular weight is 396 g/mol. The van der Waals surface area contributed by atoms with E-state index in [9.17, 15) is 14.4 Å². The van der Waals surface area contributed by atoms with Gasteiger partial charge in [0, 0.05) is 24.2 Å². The zero-order chi connectivity index (χ0) is 21.1. The lowest BCUT2D eigenvalue weighted by Gasteiger charge is -2.13. The van der Waals surface area contributed by atoms with Gasteiger partial charge in [-0.3, -0.25) is 14.4 Å². The van der Waals surface area contributed by atoms with E-state index in [0.29, 0.717) is 33.7 Å². The summed E-state index contributed by atoms with van der Waals surface area (Å²) in [4.78, 5) is 35.5. The maximum Gasteiger partial charge on any atom is 0.221 e.